The Hall–Kier alpha value is -2.67. The average Bonchev–Trinajstić information content (AvgIpc) is 2.97. The molecule has 0 aliphatic heterocycles. The minimum absolute atomic E-state index is 0.287. The van der Waals surface area contributed by atoms with Crippen LogP contribution in [0.2, 0.25) is 0 Å². The smallest absolute Gasteiger partial charge is 0.230 e. The minimum atomic E-state index is -3.32. The van der Waals surface area contributed by atoms with Gasteiger partial charge in [-0.3, -0.25) is 4.72 Å². The summed E-state index contributed by atoms with van der Waals surface area (Å²) in [6.07, 6.45) is 6.27. The molecule has 112 valence electrons. The van der Waals surface area contributed by atoms with Crippen LogP contribution in [-0.2, 0) is 10.0 Å². The number of imidazole rings is 1. The van der Waals surface area contributed by atoms with Gasteiger partial charge in [0.2, 0.25) is 10.0 Å². The molecular weight excluding hydrogens is 300 g/mol. The second kappa shape index (κ2) is 5.61. The van der Waals surface area contributed by atoms with Crippen LogP contribution >= 0.6 is 0 Å². The third-order valence-corrected chi connectivity index (χ3v) is 3.57. The van der Waals surface area contributed by atoms with Gasteiger partial charge in [-0.25, -0.2) is 18.4 Å². The number of hydrogen-bond acceptors (Lipinski definition) is 4. The van der Waals surface area contributed by atoms with Crippen molar-refractivity contribution in [2.24, 2.45) is 0 Å². The fourth-order valence-corrected chi connectivity index (χ4v) is 2.51. The van der Waals surface area contributed by atoms with E-state index < -0.39 is 10.0 Å². The Bertz CT molecular complexity index is 871. The molecule has 0 aliphatic rings. The predicted molar refractivity (Wildman–Crippen MR) is 85.3 cm³/mol. The zero-order valence-electron chi connectivity index (χ0n) is 11.8. The minimum Gasteiger partial charge on any atom is -0.304 e. The SMILES string of the molecule is CS(=O)(=O)Nc1ccc(-n2cnc(-c3ccccc3)c2)cn1. The van der Waals surface area contributed by atoms with Crippen molar-refractivity contribution in [1.82, 2.24) is 14.5 Å². The van der Waals surface area contributed by atoms with Gasteiger partial charge < -0.3 is 4.57 Å². The first kappa shape index (κ1) is 14.3. The van der Waals surface area contributed by atoms with Crippen LogP contribution in [0.5, 0.6) is 0 Å². The first-order valence-corrected chi connectivity index (χ1v) is 8.44. The summed E-state index contributed by atoms with van der Waals surface area (Å²) in [5.41, 5.74) is 2.69. The zero-order valence-corrected chi connectivity index (χ0v) is 12.7. The van der Waals surface area contributed by atoms with E-state index in [1.54, 1.807) is 24.7 Å². The summed E-state index contributed by atoms with van der Waals surface area (Å²) in [7, 11) is -3.32. The molecule has 0 radical (unpaired) electrons. The van der Waals surface area contributed by atoms with Crippen molar-refractivity contribution in [3.05, 3.63) is 61.2 Å². The van der Waals surface area contributed by atoms with Crippen LogP contribution in [0.4, 0.5) is 5.82 Å². The summed E-state index contributed by atoms with van der Waals surface area (Å²) in [5.74, 6) is 0.287. The Labute approximate surface area is 128 Å². The van der Waals surface area contributed by atoms with Crippen molar-refractivity contribution in [2.75, 3.05) is 11.0 Å². The van der Waals surface area contributed by atoms with E-state index in [0.29, 0.717) is 0 Å². The van der Waals surface area contributed by atoms with Gasteiger partial charge in [-0.2, -0.15) is 0 Å². The molecule has 2 heterocycles. The number of pyridine rings is 1. The molecule has 22 heavy (non-hydrogen) atoms. The lowest BCUT2D eigenvalue weighted by atomic mass is 10.2. The fraction of sp³-hybridized carbons (Fsp3) is 0.0667. The lowest BCUT2D eigenvalue weighted by Gasteiger charge is -2.05. The van der Waals surface area contributed by atoms with Crippen molar-refractivity contribution in [2.45, 2.75) is 0 Å². The summed E-state index contributed by atoms with van der Waals surface area (Å²) in [6, 6.07) is 13.2. The standard InChI is InChI=1S/C15H14N4O2S/c1-22(20,21)18-15-8-7-13(9-16-15)19-10-14(17-11-19)12-5-3-2-4-6-12/h2-11H,1H3,(H,16,18). The lowest BCUT2D eigenvalue weighted by Crippen LogP contribution is -2.10. The molecule has 1 N–H and O–H groups in total. The highest BCUT2D eigenvalue weighted by molar-refractivity contribution is 7.92. The monoisotopic (exact) mass is 314 g/mol. The molecule has 0 fully saturated rings. The maximum atomic E-state index is 11.1. The van der Waals surface area contributed by atoms with E-state index in [2.05, 4.69) is 14.7 Å². The normalized spacial score (nSPS) is 11.3. The summed E-state index contributed by atoms with van der Waals surface area (Å²) >= 11 is 0. The van der Waals surface area contributed by atoms with Gasteiger partial charge in [0, 0.05) is 11.8 Å². The van der Waals surface area contributed by atoms with Gasteiger partial charge in [0.15, 0.2) is 0 Å². The van der Waals surface area contributed by atoms with Gasteiger partial charge in [-0.1, -0.05) is 30.3 Å². The van der Waals surface area contributed by atoms with Crippen molar-refractivity contribution in [1.29, 1.82) is 0 Å². The first-order chi connectivity index (χ1) is 10.5. The Morgan fingerprint density at radius 1 is 1.05 bits per heavy atom. The largest absolute Gasteiger partial charge is 0.304 e. The predicted octanol–water partition coefficient (Wildman–Crippen LogP) is 2.31. The van der Waals surface area contributed by atoms with E-state index >= 15 is 0 Å². The quantitative estimate of drug-likeness (QED) is 0.801. The number of rotatable bonds is 4. The maximum Gasteiger partial charge on any atom is 0.230 e. The number of sulfonamides is 1. The van der Waals surface area contributed by atoms with Gasteiger partial charge >= 0.3 is 0 Å². The Balaban J connectivity index is 1.85. The van der Waals surface area contributed by atoms with Crippen LogP contribution < -0.4 is 4.72 Å². The molecule has 1 aromatic carbocycles. The summed E-state index contributed by atoms with van der Waals surface area (Å²) in [6.45, 7) is 0. The van der Waals surface area contributed by atoms with Gasteiger partial charge in [0.1, 0.15) is 5.82 Å². The van der Waals surface area contributed by atoms with Crippen LogP contribution in [0.15, 0.2) is 61.2 Å². The van der Waals surface area contributed by atoms with Crippen molar-refractivity contribution >= 4 is 15.8 Å². The van der Waals surface area contributed by atoms with Crippen LogP contribution in [0.3, 0.4) is 0 Å². The van der Waals surface area contributed by atoms with Crippen molar-refractivity contribution < 1.29 is 8.42 Å². The number of aromatic nitrogens is 3. The second-order valence-electron chi connectivity index (χ2n) is 4.81. The highest BCUT2D eigenvalue weighted by atomic mass is 32.2. The third kappa shape index (κ3) is 3.32. The fourth-order valence-electron chi connectivity index (χ4n) is 2.01. The number of nitrogens with zero attached hydrogens (tertiary/aromatic N) is 3. The van der Waals surface area contributed by atoms with Crippen LogP contribution in [0.1, 0.15) is 0 Å². The lowest BCUT2D eigenvalue weighted by molar-refractivity contribution is 0.606. The van der Waals surface area contributed by atoms with Crippen molar-refractivity contribution in [3.8, 4) is 16.9 Å². The molecule has 7 heteroatoms. The Kier molecular flexibility index (Phi) is 3.64. The van der Waals surface area contributed by atoms with E-state index in [4.69, 9.17) is 0 Å². The second-order valence-corrected chi connectivity index (χ2v) is 6.56. The number of nitrogens with one attached hydrogen (secondary N) is 1. The molecule has 0 aliphatic carbocycles. The van der Waals surface area contributed by atoms with E-state index in [-0.39, 0.29) is 5.82 Å². The molecule has 0 atom stereocenters. The van der Waals surface area contributed by atoms with Crippen molar-refractivity contribution in [3.63, 3.8) is 0 Å². The molecule has 0 saturated carbocycles. The average molecular weight is 314 g/mol. The molecule has 3 aromatic rings. The first-order valence-electron chi connectivity index (χ1n) is 6.55. The molecule has 3 rings (SSSR count). The molecule has 0 saturated heterocycles. The van der Waals surface area contributed by atoms with Crippen LogP contribution in [0, 0.1) is 0 Å². The van der Waals surface area contributed by atoms with E-state index in [9.17, 15) is 8.42 Å². The molecule has 6 nitrogen and oxygen atoms in total. The molecule has 0 amide bonds. The Morgan fingerprint density at radius 2 is 1.82 bits per heavy atom. The van der Waals surface area contributed by atoms with Gasteiger partial charge in [0.25, 0.3) is 0 Å². The molecule has 2 aromatic heterocycles. The highest BCUT2D eigenvalue weighted by Gasteiger charge is 2.05. The molecular formula is C15H14N4O2S. The summed E-state index contributed by atoms with van der Waals surface area (Å²) in [4.78, 5) is 8.45. The van der Waals surface area contributed by atoms with Gasteiger partial charge in [-0.15, -0.1) is 0 Å². The van der Waals surface area contributed by atoms with E-state index in [1.165, 1.54) is 0 Å². The van der Waals surface area contributed by atoms with Gasteiger partial charge in [-0.05, 0) is 12.1 Å². The summed E-state index contributed by atoms with van der Waals surface area (Å²) < 4.78 is 26.5. The van der Waals surface area contributed by atoms with Gasteiger partial charge in [0.05, 0.1) is 30.2 Å². The Morgan fingerprint density at radius 3 is 2.45 bits per heavy atom. The topological polar surface area (TPSA) is 76.9 Å². The summed E-state index contributed by atoms with van der Waals surface area (Å²) in [5, 5.41) is 0. The van der Waals surface area contributed by atoms with E-state index in [1.807, 2.05) is 41.1 Å². The zero-order chi connectivity index (χ0) is 15.6. The van der Waals surface area contributed by atoms with E-state index in [0.717, 1.165) is 23.2 Å². The van der Waals surface area contributed by atoms with Crippen LogP contribution in [0.25, 0.3) is 16.9 Å². The third-order valence-electron chi connectivity index (χ3n) is 2.99. The number of hydrogen-bond donors (Lipinski definition) is 1. The maximum absolute atomic E-state index is 11.1. The highest BCUT2D eigenvalue weighted by Crippen LogP contribution is 2.18. The molecule has 0 bridgehead atoms. The molecule has 0 unspecified atom stereocenters. The van der Waals surface area contributed by atoms with Crippen LogP contribution in [-0.4, -0.2) is 29.2 Å². The number of anilines is 1. The number of benzene rings is 1. The molecule has 0 spiro atoms.